The topological polar surface area (TPSA) is 76.7 Å². The average Bonchev–Trinajstić information content (AvgIpc) is 2.77. The number of carbonyl (C=O) groups excluding carboxylic acids is 2. The molecule has 0 aromatic carbocycles. The Balaban J connectivity index is 2.54. The van der Waals surface area contributed by atoms with E-state index in [0.29, 0.717) is 6.42 Å². The molecule has 2 N–H and O–H groups in total. The lowest BCUT2D eigenvalue weighted by Crippen LogP contribution is -2.45. The minimum atomic E-state index is -0.658. The number of ether oxygens (including phenoxy) is 2. The first-order valence-electron chi connectivity index (χ1n) is 7.61. The van der Waals surface area contributed by atoms with Gasteiger partial charge in [-0.05, 0) is 46.1 Å². The van der Waals surface area contributed by atoms with E-state index in [4.69, 9.17) is 9.47 Å². The molecule has 122 valence electrons. The van der Waals surface area contributed by atoms with Gasteiger partial charge in [-0.25, -0.2) is 4.79 Å². The molecular weight excluding hydrogens is 272 g/mol. The number of carbonyl (C=O) groups is 2. The minimum absolute atomic E-state index is 0.264. The molecule has 0 bridgehead atoms. The van der Waals surface area contributed by atoms with E-state index >= 15 is 0 Å². The van der Waals surface area contributed by atoms with Crippen LogP contribution in [0, 0.1) is 5.92 Å². The Labute approximate surface area is 126 Å². The average molecular weight is 300 g/mol. The molecular formula is C15H28N2O4. The van der Waals surface area contributed by atoms with Gasteiger partial charge >= 0.3 is 12.1 Å². The molecule has 0 aromatic rings. The monoisotopic (exact) mass is 300 g/mol. The van der Waals surface area contributed by atoms with Gasteiger partial charge in [-0.1, -0.05) is 13.8 Å². The molecule has 0 saturated carbocycles. The highest BCUT2D eigenvalue weighted by Gasteiger charge is 2.28. The zero-order chi connectivity index (χ0) is 16.0. The van der Waals surface area contributed by atoms with Gasteiger partial charge in [0.05, 0.1) is 0 Å². The Bertz CT molecular complexity index is 357. The van der Waals surface area contributed by atoms with Crippen LogP contribution in [0.1, 0.15) is 53.9 Å². The van der Waals surface area contributed by atoms with Crippen molar-refractivity contribution < 1.29 is 19.1 Å². The summed E-state index contributed by atoms with van der Waals surface area (Å²) in [7, 11) is 0. The van der Waals surface area contributed by atoms with Crippen LogP contribution in [0.2, 0.25) is 0 Å². The summed E-state index contributed by atoms with van der Waals surface area (Å²) in [4.78, 5) is 23.8. The maximum atomic E-state index is 12.0. The van der Waals surface area contributed by atoms with Gasteiger partial charge in [-0.3, -0.25) is 10.1 Å². The maximum Gasteiger partial charge on any atom is 0.410 e. The van der Waals surface area contributed by atoms with Gasteiger partial charge in [0, 0.05) is 6.42 Å². The lowest BCUT2D eigenvalue weighted by Gasteiger charge is -2.25. The summed E-state index contributed by atoms with van der Waals surface area (Å²) < 4.78 is 10.6. The molecule has 1 aliphatic rings. The maximum absolute atomic E-state index is 12.0. The molecule has 6 heteroatoms. The van der Waals surface area contributed by atoms with Gasteiger partial charge in [0.25, 0.3) is 0 Å². The largest absolute Gasteiger partial charge is 0.444 e. The quantitative estimate of drug-likeness (QED) is 0.601. The Morgan fingerprint density at radius 1 is 1.33 bits per heavy atom. The first kappa shape index (κ1) is 17.8. The predicted octanol–water partition coefficient (Wildman–Crippen LogP) is 2.18. The van der Waals surface area contributed by atoms with Crippen LogP contribution in [0.25, 0.3) is 0 Å². The molecule has 6 nitrogen and oxygen atoms in total. The molecule has 0 radical (unpaired) electrons. The Morgan fingerprint density at radius 2 is 2.00 bits per heavy atom. The van der Waals surface area contributed by atoms with Gasteiger partial charge in [0.15, 0.2) is 6.23 Å². The Hall–Kier alpha value is -1.30. The van der Waals surface area contributed by atoms with Gasteiger partial charge in [0.1, 0.15) is 11.6 Å². The van der Waals surface area contributed by atoms with Crippen molar-refractivity contribution in [3.05, 3.63) is 0 Å². The highest BCUT2D eigenvalue weighted by molar-refractivity contribution is 5.76. The van der Waals surface area contributed by atoms with Gasteiger partial charge < -0.3 is 14.8 Å². The van der Waals surface area contributed by atoms with Gasteiger partial charge in [-0.15, -0.1) is 0 Å². The fourth-order valence-electron chi connectivity index (χ4n) is 2.11. The highest BCUT2D eigenvalue weighted by Crippen LogP contribution is 2.13. The van der Waals surface area contributed by atoms with E-state index < -0.39 is 17.9 Å². The van der Waals surface area contributed by atoms with Crippen LogP contribution in [0.3, 0.4) is 0 Å². The third-order valence-corrected chi connectivity index (χ3v) is 2.97. The van der Waals surface area contributed by atoms with Crippen LogP contribution >= 0.6 is 0 Å². The zero-order valence-corrected chi connectivity index (χ0v) is 13.7. The van der Waals surface area contributed by atoms with Crippen LogP contribution in [0.15, 0.2) is 0 Å². The molecule has 1 rings (SSSR count). The van der Waals surface area contributed by atoms with Crippen molar-refractivity contribution >= 4 is 12.1 Å². The van der Waals surface area contributed by atoms with Crippen LogP contribution in [0.4, 0.5) is 4.79 Å². The normalized spacial score (nSPS) is 20.2. The van der Waals surface area contributed by atoms with Crippen LogP contribution in [-0.2, 0) is 14.3 Å². The summed E-state index contributed by atoms with van der Waals surface area (Å²) in [5.41, 5.74) is -0.580. The van der Waals surface area contributed by atoms with Crippen molar-refractivity contribution in [1.29, 1.82) is 0 Å². The lowest BCUT2D eigenvalue weighted by molar-refractivity contribution is -0.153. The van der Waals surface area contributed by atoms with E-state index in [1.165, 1.54) is 0 Å². The molecule has 2 atom stereocenters. The summed E-state index contributed by atoms with van der Waals surface area (Å²) in [6.45, 7) is 10.2. The molecule has 1 amide bonds. The molecule has 0 aromatic heterocycles. The van der Waals surface area contributed by atoms with Crippen molar-refractivity contribution in [2.24, 2.45) is 5.92 Å². The second-order valence-electron chi connectivity index (χ2n) is 6.85. The number of esters is 1. The SMILES string of the molecule is CC(C)CC(NC(=O)OC(C)(C)C)OC(=O)[C@@H]1CCCN1. The van der Waals surface area contributed by atoms with Crippen molar-refractivity contribution in [1.82, 2.24) is 10.6 Å². The molecule has 1 heterocycles. The van der Waals surface area contributed by atoms with E-state index in [9.17, 15) is 9.59 Å². The first-order valence-corrected chi connectivity index (χ1v) is 7.61. The molecule has 21 heavy (non-hydrogen) atoms. The van der Waals surface area contributed by atoms with E-state index in [0.717, 1.165) is 19.4 Å². The number of hydrogen-bond donors (Lipinski definition) is 2. The summed E-state index contributed by atoms with van der Waals surface area (Å²) in [5.74, 6) is -0.0246. The number of hydrogen-bond acceptors (Lipinski definition) is 5. The van der Waals surface area contributed by atoms with E-state index in [1.807, 2.05) is 13.8 Å². The number of rotatable bonds is 5. The fraction of sp³-hybridized carbons (Fsp3) is 0.867. The standard InChI is InChI=1S/C15H28N2O4/c1-10(2)9-12(17-14(19)21-15(3,4)5)20-13(18)11-7-6-8-16-11/h10-12,16H,6-9H2,1-5H3,(H,17,19)/t11-,12?/m0/s1. The first-order chi connectivity index (χ1) is 9.67. The van der Waals surface area contributed by atoms with E-state index in [1.54, 1.807) is 20.8 Å². The lowest BCUT2D eigenvalue weighted by atomic mass is 10.1. The molecule has 0 spiro atoms. The summed E-state index contributed by atoms with van der Waals surface area (Å²) in [6, 6.07) is -0.264. The number of amides is 1. The fourth-order valence-corrected chi connectivity index (χ4v) is 2.11. The molecule has 0 aliphatic carbocycles. The predicted molar refractivity (Wildman–Crippen MR) is 79.7 cm³/mol. The van der Waals surface area contributed by atoms with Crippen molar-refractivity contribution in [2.75, 3.05) is 6.54 Å². The third-order valence-electron chi connectivity index (χ3n) is 2.97. The van der Waals surface area contributed by atoms with Crippen molar-refractivity contribution in [3.63, 3.8) is 0 Å². The molecule has 1 unspecified atom stereocenters. The van der Waals surface area contributed by atoms with Crippen LogP contribution < -0.4 is 10.6 Å². The number of nitrogens with one attached hydrogen (secondary N) is 2. The summed E-state index contributed by atoms with van der Waals surface area (Å²) in [6.07, 6.45) is 1.07. The van der Waals surface area contributed by atoms with Crippen molar-refractivity contribution in [3.8, 4) is 0 Å². The molecule has 1 aliphatic heterocycles. The summed E-state index contributed by atoms with van der Waals surface area (Å²) >= 11 is 0. The molecule has 1 saturated heterocycles. The zero-order valence-electron chi connectivity index (χ0n) is 13.7. The number of alkyl carbamates (subject to hydrolysis) is 1. The van der Waals surface area contributed by atoms with E-state index in [2.05, 4.69) is 10.6 Å². The van der Waals surface area contributed by atoms with Crippen molar-refractivity contribution in [2.45, 2.75) is 71.8 Å². The summed E-state index contributed by atoms with van der Waals surface area (Å²) in [5, 5.41) is 5.72. The Morgan fingerprint density at radius 3 is 2.48 bits per heavy atom. The third kappa shape index (κ3) is 7.32. The second-order valence-corrected chi connectivity index (χ2v) is 6.85. The Kier molecular flexibility index (Phi) is 6.45. The molecule has 1 fully saturated rings. The van der Waals surface area contributed by atoms with E-state index in [-0.39, 0.29) is 17.9 Å². The highest BCUT2D eigenvalue weighted by atomic mass is 16.6. The van der Waals surface area contributed by atoms with Gasteiger partial charge in [0.2, 0.25) is 0 Å². The second kappa shape index (κ2) is 7.64. The smallest absolute Gasteiger partial charge is 0.410 e. The van der Waals surface area contributed by atoms with Crippen LogP contribution in [0.5, 0.6) is 0 Å². The van der Waals surface area contributed by atoms with Gasteiger partial charge in [-0.2, -0.15) is 0 Å². The van der Waals surface area contributed by atoms with Crippen LogP contribution in [-0.4, -0.2) is 36.5 Å². The minimum Gasteiger partial charge on any atom is -0.444 e.